The number of methoxy groups -OCH3 is 1. The van der Waals surface area contributed by atoms with Crippen LogP contribution in [0, 0.1) is 0 Å². The summed E-state index contributed by atoms with van der Waals surface area (Å²) in [6, 6.07) is -0.706. The number of imidazole rings is 1. The molecule has 2 aromatic rings. The molecule has 2 aliphatic rings. The summed E-state index contributed by atoms with van der Waals surface area (Å²) in [5.41, 5.74) is 10.9. The lowest BCUT2D eigenvalue weighted by Gasteiger charge is -2.34. The lowest BCUT2D eigenvalue weighted by atomic mass is 10.0. The number of unbranched alkanes of at least 4 members (excludes halogenated alkanes) is 11. The topological polar surface area (TPSA) is 452 Å². The van der Waals surface area contributed by atoms with Crippen LogP contribution in [0.25, 0.3) is 11.2 Å². The Labute approximate surface area is 569 Å². The Morgan fingerprint density at radius 2 is 1.14 bits per heavy atom. The number of carbonyl (C=O) groups is 7. The molecule has 3 amide bonds. The maximum absolute atomic E-state index is 13.9. The summed E-state index contributed by atoms with van der Waals surface area (Å²) < 4.78 is 73.3. The minimum atomic E-state index is -4.51. The number of carbonyl (C=O) groups excluding carboxylic acids is 7. The Morgan fingerprint density at radius 1 is 0.629 bits per heavy atom. The van der Waals surface area contributed by atoms with Crippen LogP contribution in [-0.2, 0) is 80.2 Å². The normalized spacial score (nSPS) is 19.0. The van der Waals surface area contributed by atoms with Crippen LogP contribution < -0.4 is 22.1 Å². The van der Waals surface area contributed by atoms with Crippen molar-refractivity contribution in [1.29, 1.82) is 0 Å². The summed E-state index contributed by atoms with van der Waals surface area (Å²) in [7, 11) is -7.47. The van der Waals surface area contributed by atoms with Crippen molar-refractivity contribution in [3.8, 4) is 0 Å². The summed E-state index contributed by atoms with van der Waals surface area (Å²) in [6.45, 7) is -0.135. The smallest absolute Gasteiger partial charge is 0.353 e. The van der Waals surface area contributed by atoms with Gasteiger partial charge in [-0.25, -0.2) is 15.0 Å². The van der Waals surface area contributed by atoms with Crippen LogP contribution >= 0.6 is 15.2 Å². The van der Waals surface area contributed by atoms with E-state index >= 15 is 0 Å². The summed E-state index contributed by atoms with van der Waals surface area (Å²) in [4.78, 5) is 125. The number of hydrogen-bond donors (Lipinski definition) is 9. The fraction of sp³-hybridized carbons (Fsp3) is 0.812. The maximum atomic E-state index is 13.9. The van der Waals surface area contributed by atoms with Crippen molar-refractivity contribution in [3.63, 3.8) is 0 Å². The summed E-state index contributed by atoms with van der Waals surface area (Å²) >= 11 is 0. The second-order valence-electron chi connectivity index (χ2n) is 25.1. The number of aliphatic hydroxyl groups excluding tert-OH is 3. The van der Waals surface area contributed by atoms with E-state index in [1.165, 1.54) is 24.7 Å². The molecule has 4 rings (SSSR count). The number of Topliss-reactive ketones (excluding diaryl/α,β-unsaturated/α-hetero) is 4. The molecule has 33 heteroatoms. The molecule has 3 unspecified atom stereocenters. The fourth-order valence-electron chi connectivity index (χ4n) is 11.2. The van der Waals surface area contributed by atoms with Crippen LogP contribution in [0.1, 0.15) is 199 Å². The molecule has 4 heterocycles. The van der Waals surface area contributed by atoms with E-state index in [2.05, 4.69) is 25.6 Å². The zero-order chi connectivity index (χ0) is 70.7. The Kier molecular flexibility index (Phi) is 42.1. The van der Waals surface area contributed by atoms with E-state index in [9.17, 15) is 57.6 Å². The van der Waals surface area contributed by atoms with Crippen molar-refractivity contribution >= 4 is 73.0 Å². The molecule has 97 heavy (non-hydrogen) atoms. The average Bonchev–Trinajstić information content (AvgIpc) is 1.64. The Morgan fingerprint density at radius 3 is 1.74 bits per heavy atom. The SMILES string of the molecule is COCP(=O)(O)OC[C@H]1O[C@@H](n2cnc3c(N)ncnc32)C[C@@H]1OCP(=O)(O)OC[C@@H]1C[C@@H](O)CN1C(=O)CCCCCCCCC(=O)NC(COCCC(=O)CCCCN)(COCCC(=O)CCCCCC(=O)CCCCO)COCCC(=O)NCCCCC(=O)CCCCO. The quantitative estimate of drug-likeness (QED) is 0.0304. The molecule has 0 radical (unpaired) electrons. The van der Waals surface area contributed by atoms with Crippen molar-refractivity contribution in [1.82, 2.24) is 35.1 Å². The van der Waals surface area contributed by atoms with Crippen LogP contribution in [0.15, 0.2) is 12.7 Å². The molecule has 2 saturated heterocycles. The van der Waals surface area contributed by atoms with Gasteiger partial charge in [-0.1, -0.05) is 32.1 Å². The van der Waals surface area contributed by atoms with Gasteiger partial charge in [-0.05, 0) is 90.0 Å². The Balaban J connectivity index is 1.27. The minimum absolute atomic E-state index is 0.00354. The molecule has 31 nitrogen and oxygen atoms in total. The predicted octanol–water partition coefficient (Wildman–Crippen LogP) is 5.17. The highest BCUT2D eigenvalue weighted by atomic mass is 31.2. The average molecular weight is 1420 g/mol. The number of nitrogens with one attached hydrogen (secondary N) is 2. The van der Waals surface area contributed by atoms with Crippen LogP contribution in [0.4, 0.5) is 5.82 Å². The van der Waals surface area contributed by atoms with Gasteiger partial charge in [0.2, 0.25) is 17.7 Å². The molecule has 0 spiro atoms. The van der Waals surface area contributed by atoms with Crippen molar-refractivity contribution in [2.24, 2.45) is 5.73 Å². The molecule has 0 saturated carbocycles. The minimum Gasteiger partial charge on any atom is -0.396 e. The summed E-state index contributed by atoms with van der Waals surface area (Å²) in [6.07, 6.45) is 11.7. The third-order valence-corrected chi connectivity index (χ3v) is 18.8. The Hall–Kier alpha value is -4.66. The third-order valence-electron chi connectivity index (χ3n) is 16.6. The van der Waals surface area contributed by atoms with Gasteiger partial charge in [-0.2, -0.15) is 0 Å². The van der Waals surface area contributed by atoms with E-state index in [0.717, 1.165) is 19.3 Å². The number of amides is 3. The molecule has 0 aliphatic carbocycles. The number of nitrogens with two attached hydrogens (primary N) is 2. The van der Waals surface area contributed by atoms with Gasteiger partial charge in [0.15, 0.2) is 11.5 Å². The maximum Gasteiger partial charge on any atom is 0.353 e. The number of ether oxygens (including phenoxy) is 6. The standard InChI is InChI=1S/C64H111N9O22P2/c1-88-47-96(84,85)94-41-56-55(38-60(95-56)73-46-70-61-62(66)68-45-69-63(61)73)92-48-97(86,87)93-40-49-37-54(80)39-72(49)59(83)26-10-5-3-2-4-9-25-58(82)71-64(43-90-35-28-53(79)21-11-15-30-65,42-89-34-27-52(78)20-8-6-7-19-50(76)23-13-17-32-74)44-91-36-29-57(81)67-31-16-12-22-51(77)24-14-18-33-75/h45-46,49,54-56,60,74-75,80H,2-44,47-48,65H2,1H3,(H,67,81)(H,71,82)(H,84,85)(H,86,87)(H2,66,68,69)/t49-,54+,55-,56+,60+,64?/m0/s1. The van der Waals surface area contributed by atoms with E-state index in [4.69, 9.17) is 59.1 Å². The number of hydrogen-bond acceptors (Lipinski definition) is 25. The predicted molar refractivity (Wildman–Crippen MR) is 356 cm³/mol. The number of likely N-dealkylation sites (tertiary alicyclic amines) is 1. The highest BCUT2D eigenvalue weighted by Gasteiger charge is 2.42. The van der Waals surface area contributed by atoms with Gasteiger partial charge in [-0.15, -0.1) is 0 Å². The van der Waals surface area contributed by atoms with E-state index in [1.807, 2.05) is 0 Å². The zero-order valence-electron chi connectivity index (χ0n) is 56.8. The van der Waals surface area contributed by atoms with Gasteiger partial charge in [0.05, 0.1) is 77.4 Å². The number of β-amino-alcohol motifs (C(OH)–C–C–N with tert-alkyl or cyclic N) is 1. The first kappa shape index (κ1) is 84.8. The second kappa shape index (κ2) is 48.2. The molecule has 0 aromatic carbocycles. The molecule has 2 fully saturated rings. The van der Waals surface area contributed by atoms with Gasteiger partial charge in [0, 0.05) is 110 Å². The number of rotatable bonds is 60. The van der Waals surface area contributed by atoms with Crippen LogP contribution in [0.2, 0.25) is 0 Å². The molecule has 8 atom stereocenters. The van der Waals surface area contributed by atoms with Gasteiger partial charge in [0.1, 0.15) is 65.5 Å². The number of nitrogen functional groups attached to an aromatic ring is 1. The van der Waals surface area contributed by atoms with Gasteiger partial charge in [-0.3, -0.25) is 47.3 Å². The highest BCUT2D eigenvalue weighted by Crippen LogP contribution is 2.46. The fourth-order valence-corrected chi connectivity index (χ4v) is 12.9. The van der Waals surface area contributed by atoms with Gasteiger partial charge >= 0.3 is 15.2 Å². The first-order valence-corrected chi connectivity index (χ1v) is 38.0. The first-order valence-electron chi connectivity index (χ1n) is 34.5. The number of nitrogens with zero attached hydrogens (tertiary/aromatic N) is 5. The van der Waals surface area contributed by atoms with Crippen molar-refractivity contribution in [2.75, 3.05) is 111 Å². The molecule has 2 aromatic heterocycles. The zero-order valence-corrected chi connectivity index (χ0v) is 58.6. The highest BCUT2D eigenvalue weighted by molar-refractivity contribution is 7.52. The van der Waals surface area contributed by atoms with Gasteiger partial charge < -0.3 is 89.6 Å². The number of anilines is 1. The first-order chi connectivity index (χ1) is 46.6. The third kappa shape index (κ3) is 35.5. The second-order valence-corrected chi connectivity index (χ2v) is 28.7. The lowest BCUT2D eigenvalue weighted by Crippen LogP contribution is -2.58. The largest absolute Gasteiger partial charge is 0.396 e. The van der Waals surface area contributed by atoms with Crippen molar-refractivity contribution < 1.29 is 105 Å². The number of ketones is 4. The van der Waals surface area contributed by atoms with E-state index in [1.54, 1.807) is 4.57 Å². The molecular formula is C64H111N9O22P2. The van der Waals surface area contributed by atoms with Crippen LogP contribution in [0.5, 0.6) is 0 Å². The number of fused-ring (bicyclic) bond motifs is 1. The van der Waals surface area contributed by atoms with E-state index in [-0.39, 0.29) is 158 Å². The monoisotopic (exact) mass is 1420 g/mol. The van der Waals surface area contributed by atoms with Crippen molar-refractivity contribution in [2.45, 2.75) is 229 Å². The summed E-state index contributed by atoms with van der Waals surface area (Å²) in [5.74, 6) is -0.457. The number of aromatic nitrogens is 4. The lowest BCUT2D eigenvalue weighted by molar-refractivity contribution is -0.133. The summed E-state index contributed by atoms with van der Waals surface area (Å²) in [5, 5.41) is 34.5. The van der Waals surface area contributed by atoms with E-state index in [0.29, 0.717) is 153 Å². The number of aliphatic hydroxyl groups is 3. The molecule has 0 bridgehead atoms. The van der Waals surface area contributed by atoms with Gasteiger partial charge in [0.25, 0.3) is 0 Å². The van der Waals surface area contributed by atoms with Crippen molar-refractivity contribution in [3.05, 3.63) is 12.7 Å². The molecule has 554 valence electrons. The molecule has 2 aliphatic heterocycles. The van der Waals surface area contributed by atoms with Crippen LogP contribution in [0.3, 0.4) is 0 Å². The Bertz CT molecular complexity index is 2700. The van der Waals surface area contributed by atoms with E-state index < -0.39 is 70.6 Å². The van der Waals surface area contributed by atoms with Crippen LogP contribution in [-0.4, -0.2) is 226 Å². The molecular weight excluding hydrogens is 1310 g/mol. The molecule has 11 N–H and O–H groups in total.